The van der Waals surface area contributed by atoms with Crippen LogP contribution in [-0.2, 0) is 6.54 Å². The molecule has 142 valence electrons. The third-order valence-electron chi connectivity index (χ3n) is 4.38. The number of halogens is 3. The molecule has 1 fully saturated rings. The van der Waals surface area contributed by atoms with Gasteiger partial charge in [0.15, 0.2) is 5.96 Å². The van der Waals surface area contributed by atoms with Crippen molar-refractivity contribution in [2.24, 2.45) is 10.7 Å². The lowest BCUT2D eigenvalue weighted by atomic mass is 10.1. The number of aliphatic imine (C=N–C) groups is 1. The molecule has 27 heavy (non-hydrogen) atoms. The number of rotatable bonds is 3. The Labute approximate surface area is 174 Å². The molecule has 0 spiro atoms. The van der Waals surface area contributed by atoms with Gasteiger partial charge in [-0.15, -0.1) is 24.0 Å². The zero-order valence-electron chi connectivity index (χ0n) is 14.6. The highest BCUT2D eigenvalue weighted by atomic mass is 127. The Bertz CT molecular complexity index is 840. The van der Waals surface area contributed by atoms with Crippen LogP contribution in [0.1, 0.15) is 11.1 Å². The maximum atomic E-state index is 13.8. The zero-order valence-corrected chi connectivity index (χ0v) is 16.9. The summed E-state index contributed by atoms with van der Waals surface area (Å²) in [7, 11) is 0. The lowest BCUT2D eigenvalue weighted by Gasteiger charge is -2.36. The van der Waals surface area contributed by atoms with Crippen molar-refractivity contribution < 1.29 is 8.78 Å². The van der Waals surface area contributed by atoms with E-state index in [1.165, 1.54) is 30.3 Å². The Morgan fingerprint density at radius 1 is 1.07 bits per heavy atom. The van der Waals surface area contributed by atoms with Crippen LogP contribution in [0.4, 0.5) is 14.5 Å². The number of nitrogens with two attached hydrogens (primary N) is 1. The van der Waals surface area contributed by atoms with E-state index >= 15 is 0 Å². The molecule has 2 N–H and O–H groups in total. The fraction of sp³-hybridized carbons (Fsp3) is 0.263. The molecule has 1 saturated heterocycles. The van der Waals surface area contributed by atoms with Crippen LogP contribution in [0.2, 0.25) is 0 Å². The molecule has 0 radical (unpaired) electrons. The van der Waals surface area contributed by atoms with E-state index in [2.05, 4.69) is 9.89 Å². The minimum atomic E-state index is -0.401. The monoisotopic (exact) mass is 483 g/mol. The quantitative estimate of drug-likeness (QED) is 0.414. The van der Waals surface area contributed by atoms with Gasteiger partial charge in [-0.2, -0.15) is 5.26 Å². The average Bonchev–Trinajstić information content (AvgIpc) is 2.68. The number of piperazine rings is 1. The fourth-order valence-electron chi connectivity index (χ4n) is 2.88. The fourth-order valence-corrected chi connectivity index (χ4v) is 2.88. The van der Waals surface area contributed by atoms with E-state index in [0.29, 0.717) is 30.2 Å². The summed E-state index contributed by atoms with van der Waals surface area (Å²) in [5.41, 5.74) is 7.75. The van der Waals surface area contributed by atoms with E-state index in [1.54, 1.807) is 12.1 Å². The molecule has 2 aromatic rings. The Morgan fingerprint density at radius 2 is 1.74 bits per heavy atom. The first-order valence-corrected chi connectivity index (χ1v) is 8.31. The van der Waals surface area contributed by atoms with E-state index in [4.69, 9.17) is 11.0 Å². The van der Waals surface area contributed by atoms with Crippen LogP contribution in [0.5, 0.6) is 0 Å². The van der Waals surface area contributed by atoms with Crippen molar-refractivity contribution in [2.75, 3.05) is 31.1 Å². The van der Waals surface area contributed by atoms with Crippen LogP contribution < -0.4 is 10.6 Å². The molecule has 0 saturated carbocycles. The van der Waals surface area contributed by atoms with Crippen LogP contribution in [-0.4, -0.2) is 37.0 Å². The van der Waals surface area contributed by atoms with Gasteiger partial charge in [0.1, 0.15) is 11.6 Å². The van der Waals surface area contributed by atoms with Gasteiger partial charge in [0, 0.05) is 37.4 Å². The normalized spacial score (nSPS) is 14.5. The first-order valence-electron chi connectivity index (χ1n) is 8.31. The minimum Gasteiger partial charge on any atom is -0.370 e. The lowest BCUT2D eigenvalue weighted by Crippen LogP contribution is -2.51. The lowest BCUT2D eigenvalue weighted by molar-refractivity contribution is 0.380. The number of nitrogens with zero attached hydrogens (tertiary/aromatic N) is 4. The third kappa shape index (κ3) is 5.29. The molecule has 3 rings (SSSR count). The summed E-state index contributed by atoms with van der Waals surface area (Å²) in [6.07, 6.45) is 0. The van der Waals surface area contributed by atoms with Gasteiger partial charge in [0.05, 0.1) is 18.2 Å². The molecule has 0 unspecified atom stereocenters. The maximum Gasteiger partial charge on any atom is 0.191 e. The molecule has 0 atom stereocenters. The molecule has 1 aliphatic rings. The van der Waals surface area contributed by atoms with Crippen molar-refractivity contribution >= 4 is 35.6 Å². The number of nitriles is 1. The van der Waals surface area contributed by atoms with Crippen molar-refractivity contribution in [2.45, 2.75) is 6.54 Å². The number of anilines is 1. The Morgan fingerprint density at radius 3 is 2.37 bits per heavy atom. The molecule has 0 amide bonds. The SMILES string of the molecule is I.N#Cc1ccc(F)c(CN=C(N)N2CCN(c3ccc(F)cc3)CC2)c1. The summed E-state index contributed by atoms with van der Waals surface area (Å²) < 4.78 is 26.8. The van der Waals surface area contributed by atoms with E-state index in [1.807, 2.05) is 11.0 Å². The second-order valence-corrected chi connectivity index (χ2v) is 6.04. The molecule has 1 heterocycles. The van der Waals surface area contributed by atoms with Gasteiger partial charge in [-0.25, -0.2) is 13.8 Å². The van der Waals surface area contributed by atoms with Crippen molar-refractivity contribution in [3.05, 3.63) is 65.2 Å². The van der Waals surface area contributed by atoms with Gasteiger partial charge in [-0.05, 0) is 42.5 Å². The van der Waals surface area contributed by atoms with Gasteiger partial charge in [0.25, 0.3) is 0 Å². The van der Waals surface area contributed by atoms with Gasteiger partial charge in [-0.1, -0.05) is 0 Å². The first-order chi connectivity index (χ1) is 12.6. The minimum absolute atomic E-state index is 0. The third-order valence-corrected chi connectivity index (χ3v) is 4.38. The molecular formula is C19H20F2IN5. The van der Waals surface area contributed by atoms with Gasteiger partial charge >= 0.3 is 0 Å². The largest absolute Gasteiger partial charge is 0.370 e. The van der Waals surface area contributed by atoms with Crippen LogP contribution >= 0.6 is 24.0 Å². The summed E-state index contributed by atoms with van der Waals surface area (Å²) in [6, 6.07) is 12.6. The highest BCUT2D eigenvalue weighted by Crippen LogP contribution is 2.17. The van der Waals surface area contributed by atoms with E-state index in [-0.39, 0.29) is 36.3 Å². The van der Waals surface area contributed by atoms with Crippen LogP contribution in [0.25, 0.3) is 0 Å². The second kappa shape index (κ2) is 9.50. The topological polar surface area (TPSA) is 68.6 Å². The Balaban J connectivity index is 0.00000261. The van der Waals surface area contributed by atoms with E-state index < -0.39 is 5.82 Å². The highest BCUT2D eigenvalue weighted by molar-refractivity contribution is 14.0. The summed E-state index contributed by atoms with van der Waals surface area (Å²) in [5.74, 6) is -0.302. The van der Waals surface area contributed by atoms with Crippen LogP contribution in [0, 0.1) is 23.0 Å². The molecule has 5 nitrogen and oxygen atoms in total. The summed E-state index contributed by atoms with van der Waals surface area (Å²) in [6.45, 7) is 2.91. The highest BCUT2D eigenvalue weighted by Gasteiger charge is 2.18. The van der Waals surface area contributed by atoms with Gasteiger partial charge in [0.2, 0.25) is 0 Å². The summed E-state index contributed by atoms with van der Waals surface area (Å²) >= 11 is 0. The molecular weight excluding hydrogens is 463 g/mol. The Hall–Kier alpha value is -2.41. The second-order valence-electron chi connectivity index (χ2n) is 6.04. The zero-order chi connectivity index (χ0) is 18.5. The van der Waals surface area contributed by atoms with Crippen LogP contribution in [0.15, 0.2) is 47.5 Å². The number of hydrogen-bond donors (Lipinski definition) is 1. The number of benzene rings is 2. The number of hydrogen-bond acceptors (Lipinski definition) is 3. The predicted octanol–water partition coefficient (Wildman–Crippen LogP) is 3.09. The Kier molecular flexibility index (Phi) is 7.36. The van der Waals surface area contributed by atoms with E-state index in [9.17, 15) is 8.78 Å². The van der Waals surface area contributed by atoms with Gasteiger partial charge < -0.3 is 15.5 Å². The first kappa shape index (κ1) is 20.9. The maximum absolute atomic E-state index is 13.8. The predicted molar refractivity (Wildman–Crippen MR) is 112 cm³/mol. The van der Waals surface area contributed by atoms with Crippen LogP contribution in [0.3, 0.4) is 0 Å². The standard InChI is InChI=1S/C19H19F2N5.HI/c20-16-2-4-17(5-3-16)25-7-9-26(10-8-25)19(23)24-13-15-11-14(12-22)1-6-18(15)21;/h1-6,11H,7-10,13H2,(H2,23,24);1H. The molecule has 1 aliphatic heterocycles. The summed E-state index contributed by atoms with van der Waals surface area (Å²) in [5, 5.41) is 8.90. The molecule has 0 bridgehead atoms. The molecule has 8 heteroatoms. The molecule has 0 aliphatic carbocycles. The van der Waals surface area contributed by atoms with Crippen molar-refractivity contribution in [3.63, 3.8) is 0 Å². The van der Waals surface area contributed by atoms with Crippen molar-refractivity contribution in [1.29, 1.82) is 5.26 Å². The van der Waals surface area contributed by atoms with Gasteiger partial charge in [-0.3, -0.25) is 0 Å². The molecule has 0 aromatic heterocycles. The molecule has 2 aromatic carbocycles. The average molecular weight is 483 g/mol. The summed E-state index contributed by atoms with van der Waals surface area (Å²) in [4.78, 5) is 8.36. The number of guanidine groups is 1. The van der Waals surface area contributed by atoms with E-state index in [0.717, 1.165) is 18.8 Å². The van der Waals surface area contributed by atoms with Crippen molar-refractivity contribution in [3.8, 4) is 6.07 Å². The van der Waals surface area contributed by atoms with Crippen molar-refractivity contribution in [1.82, 2.24) is 4.90 Å². The smallest absolute Gasteiger partial charge is 0.191 e.